The van der Waals surface area contributed by atoms with Crippen LogP contribution in [0.4, 0.5) is 5.69 Å². The van der Waals surface area contributed by atoms with Crippen molar-refractivity contribution in [3.8, 4) is 0 Å². The minimum atomic E-state index is -3.67. The predicted octanol–water partition coefficient (Wildman–Crippen LogP) is 4.22. The highest BCUT2D eigenvalue weighted by Gasteiger charge is 2.35. The maximum atomic E-state index is 13.0. The van der Waals surface area contributed by atoms with Gasteiger partial charge in [-0.1, -0.05) is 45.4 Å². The first-order chi connectivity index (χ1) is 11.7. The molecule has 0 aliphatic carbocycles. The van der Waals surface area contributed by atoms with Crippen molar-refractivity contribution in [1.29, 1.82) is 0 Å². The first kappa shape index (κ1) is 22.8. The van der Waals surface area contributed by atoms with Gasteiger partial charge in [-0.3, -0.25) is 9.10 Å². The third-order valence-electron chi connectivity index (χ3n) is 3.83. The first-order valence-corrected chi connectivity index (χ1v) is 11.0. The average Bonchev–Trinajstić information content (AvgIpc) is 2.39. The van der Waals surface area contributed by atoms with Crippen LogP contribution in [0.3, 0.4) is 0 Å². The lowest BCUT2D eigenvalue weighted by Crippen LogP contribution is -2.55. The molecule has 0 heterocycles. The van der Waals surface area contributed by atoms with Crippen molar-refractivity contribution >= 4 is 33.2 Å². The van der Waals surface area contributed by atoms with Gasteiger partial charge in [0.1, 0.15) is 6.04 Å². The lowest BCUT2D eigenvalue weighted by atomic mass is 9.81. The molecule has 0 fully saturated rings. The third-order valence-corrected chi connectivity index (χ3v) is 5.24. The predicted molar refractivity (Wildman–Crippen MR) is 109 cm³/mol. The van der Waals surface area contributed by atoms with E-state index in [-0.39, 0.29) is 11.3 Å². The Hall–Kier alpha value is -1.27. The second-order valence-electron chi connectivity index (χ2n) is 8.57. The van der Waals surface area contributed by atoms with E-state index in [2.05, 4.69) is 26.1 Å². The van der Waals surface area contributed by atoms with Crippen molar-refractivity contribution in [3.05, 3.63) is 29.3 Å². The van der Waals surface area contributed by atoms with Crippen LogP contribution in [0.15, 0.2) is 24.3 Å². The number of rotatable bonds is 7. The van der Waals surface area contributed by atoms with Gasteiger partial charge in [0.15, 0.2) is 0 Å². The van der Waals surface area contributed by atoms with Crippen molar-refractivity contribution in [3.63, 3.8) is 0 Å². The first-order valence-electron chi connectivity index (χ1n) is 8.73. The molecule has 0 saturated heterocycles. The van der Waals surface area contributed by atoms with E-state index >= 15 is 0 Å². The number of nitrogens with one attached hydrogen (secondary N) is 1. The lowest BCUT2D eigenvalue weighted by molar-refractivity contribution is -0.124. The van der Waals surface area contributed by atoms with Gasteiger partial charge in [0.2, 0.25) is 15.9 Å². The lowest BCUT2D eigenvalue weighted by Gasteiger charge is -2.37. The zero-order valence-electron chi connectivity index (χ0n) is 16.8. The summed E-state index contributed by atoms with van der Waals surface area (Å²) in [5, 5.41) is 3.44. The van der Waals surface area contributed by atoms with Gasteiger partial charge in [-0.05, 0) is 50.3 Å². The largest absolute Gasteiger partial charge is 0.349 e. The summed E-state index contributed by atoms with van der Waals surface area (Å²) in [6.07, 6.45) is 2.21. The Kier molecular flexibility index (Phi) is 7.16. The number of carbonyl (C=O) groups excluding carboxylic acids is 1. The highest BCUT2D eigenvalue weighted by molar-refractivity contribution is 7.92. The van der Waals surface area contributed by atoms with Gasteiger partial charge < -0.3 is 5.32 Å². The minimum absolute atomic E-state index is 0.0297. The molecule has 7 heteroatoms. The van der Waals surface area contributed by atoms with Gasteiger partial charge in [0.25, 0.3) is 0 Å². The van der Waals surface area contributed by atoms with Crippen LogP contribution in [0.1, 0.15) is 54.4 Å². The number of anilines is 1. The number of sulfonamides is 1. The van der Waals surface area contributed by atoms with Crippen LogP contribution in [-0.4, -0.2) is 32.2 Å². The molecule has 148 valence electrons. The van der Waals surface area contributed by atoms with E-state index in [1.807, 2.05) is 13.8 Å². The number of benzene rings is 1. The van der Waals surface area contributed by atoms with Gasteiger partial charge in [0, 0.05) is 10.6 Å². The van der Waals surface area contributed by atoms with E-state index in [4.69, 9.17) is 11.6 Å². The van der Waals surface area contributed by atoms with E-state index in [0.717, 1.165) is 17.0 Å². The van der Waals surface area contributed by atoms with E-state index in [1.165, 1.54) is 0 Å². The number of carbonyl (C=O) groups is 1. The fourth-order valence-corrected chi connectivity index (χ4v) is 4.85. The maximum absolute atomic E-state index is 13.0. The van der Waals surface area contributed by atoms with E-state index in [1.54, 1.807) is 31.2 Å². The highest BCUT2D eigenvalue weighted by Crippen LogP contribution is 2.29. The summed E-state index contributed by atoms with van der Waals surface area (Å²) < 4.78 is 26.0. The summed E-state index contributed by atoms with van der Waals surface area (Å²) in [6.45, 7) is 12.0. The Labute approximate surface area is 163 Å². The number of amides is 1. The standard InChI is InChI=1S/C19H31ClN2O3S/c1-8-16(17(23)21-19(5,6)13-18(2,3)4)22(26(7,24)25)15-11-9-10-14(20)12-15/h9-12,16H,8,13H2,1-7H3,(H,21,23)/t16-/m1/s1. The fraction of sp³-hybridized carbons (Fsp3) is 0.632. The summed E-state index contributed by atoms with van der Waals surface area (Å²) in [4.78, 5) is 13.0. The molecule has 0 spiro atoms. The molecule has 0 aliphatic rings. The van der Waals surface area contributed by atoms with Crippen LogP contribution in [0.5, 0.6) is 0 Å². The number of halogens is 1. The molecule has 1 aromatic carbocycles. The third kappa shape index (κ3) is 6.80. The van der Waals surface area contributed by atoms with Gasteiger partial charge in [-0.2, -0.15) is 0 Å². The van der Waals surface area contributed by atoms with Crippen molar-refractivity contribution in [2.24, 2.45) is 5.41 Å². The van der Waals surface area contributed by atoms with Crippen LogP contribution in [0.25, 0.3) is 0 Å². The normalized spacial score (nSPS) is 14.0. The minimum Gasteiger partial charge on any atom is -0.349 e. The summed E-state index contributed by atoms with van der Waals surface area (Å²) in [7, 11) is -3.67. The number of nitrogens with zero attached hydrogens (tertiary/aromatic N) is 1. The average molecular weight is 403 g/mol. The van der Waals surface area contributed by atoms with Crippen molar-refractivity contribution in [2.75, 3.05) is 10.6 Å². The van der Waals surface area contributed by atoms with Crippen LogP contribution in [-0.2, 0) is 14.8 Å². The molecule has 1 atom stereocenters. The molecule has 0 saturated carbocycles. The molecule has 1 amide bonds. The number of hydrogen-bond acceptors (Lipinski definition) is 3. The van der Waals surface area contributed by atoms with Crippen LogP contribution in [0, 0.1) is 5.41 Å². The summed E-state index contributed by atoms with van der Waals surface area (Å²) in [5.74, 6) is -0.313. The maximum Gasteiger partial charge on any atom is 0.244 e. The molecular weight excluding hydrogens is 372 g/mol. The van der Waals surface area contributed by atoms with Gasteiger partial charge in [0.05, 0.1) is 11.9 Å². The molecule has 1 aromatic rings. The zero-order valence-corrected chi connectivity index (χ0v) is 18.3. The zero-order chi connectivity index (χ0) is 20.3. The summed E-state index contributed by atoms with van der Waals surface area (Å²) in [5.41, 5.74) is -0.0435. The van der Waals surface area contributed by atoms with Crippen molar-refractivity contribution in [2.45, 2.75) is 66.0 Å². The van der Waals surface area contributed by atoms with Crippen LogP contribution in [0.2, 0.25) is 5.02 Å². The smallest absolute Gasteiger partial charge is 0.244 e. The van der Waals surface area contributed by atoms with E-state index in [0.29, 0.717) is 17.1 Å². The fourth-order valence-electron chi connectivity index (χ4n) is 3.46. The van der Waals surface area contributed by atoms with Crippen LogP contribution >= 0.6 is 11.6 Å². The molecule has 1 N–H and O–H groups in total. The molecular formula is C19H31ClN2O3S. The van der Waals surface area contributed by atoms with Gasteiger partial charge >= 0.3 is 0 Å². The second-order valence-corrected chi connectivity index (χ2v) is 10.9. The Balaban J connectivity index is 3.21. The molecule has 0 radical (unpaired) electrons. The van der Waals surface area contributed by atoms with E-state index in [9.17, 15) is 13.2 Å². The molecule has 1 rings (SSSR count). The molecule has 0 unspecified atom stereocenters. The summed E-state index contributed by atoms with van der Waals surface area (Å²) >= 11 is 6.02. The quantitative estimate of drug-likeness (QED) is 0.742. The molecule has 5 nitrogen and oxygen atoms in total. The topological polar surface area (TPSA) is 66.5 Å². The van der Waals surface area contributed by atoms with E-state index < -0.39 is 21.6 Å². The molecule has 0 bridgehead atoms. The van der Waals surface area contributed by atoms with Crippen LogP contribution < -0.4 is 9.62 Å². The Morgan fingerprint density at radius 1 is 1.23 bits per heavy atom. The summed E-state index contributed by atoms with van der Waals surface area (Å²) in [6, 6.07) is 5.69. The van der Waals surface area contributed by atoms with Gasteiger partial charge in [-0.15, -0.1) is 0 Å². The second kappa shape index (κ2) is 8.17. The Bertz CT molecular complexity index is 739. The Morgan fingerprint density at radius 3 is 2.23 bits per heavy atom. The number of hydrogen-bond donors (Lipinski definition) is 1. The van der Waals surface area contributed by atoms with Crippen molar-refractivity contribution < 1.29 is 13.2 Å². The monoisotopic (exact) mass is 402 g/mol. The van der Waals surface area contributed by atoms with Gasteiger partial charge in [-0.25, -0.2) is 8.42 Å². The molecule has 0 aliphatic heterocycles. The Morgan fingerprint density at radius 2 is 1.81 bits per heavy atom. The van der Waals surface area contributed by atoms with Crippen molar-refractivity contribution in [1.82, 2.24) is 5.32 Å². The SMILES string of the molecule is CC[C@H](C(=O)NC(C)(C)CC(C)(C)C)N(c1cccc(Cl)c1)S(C)(=O)=O. The molecule has 0 aromatic heterocycles. The molecule has 26 heavy (non-hydrogen) atoms. The highest BCUT2D eigenvalue weighted by atomic mass is 35.5.